The van der Waals surface area contributed by atoms with Gasteiger partial charge in [-0.3, -0.25) is 48.3 Å². The second-order valence-electron chi connectivity index (χ2n) is 17.2. The van der Waals surface area contributed by atoms with Crippen LogP contribution in [0.1, 0.15) is 86.7 Å². The van der Waals surface area contributed by atoms with E-state index in [1.165, 1.54) is 0 Å². The van der Waals surface area contributed by atoms with Crippen molar-refractivity contribution >= 4 is 70.2 Å². The van der Waals surface area contributed by atoms with Gasteiger partial charge in [-0.15, -0.1) is 0 Å². The predicted molar refractivity (Wildman–Crippen MR) is 255 cm³/mol. The number of thioether (sulfide) groups is 1. The summed E-state index contributed by atoms with van der Waals surface area (Å²) in [4.78, 5) is 93.6. The van der Waals surface area contributed by atoms with Crippen molar-refractivity contribution < 1.29 is 54.0 Å². The van der Waals surface area contributed by atoms with Gasteiger partial charge in [0.05, 0.1) is 25.6 Å². The maximum absolute atomic E-state index is 14.1. The number of carbonyl (C=O) groups excluding carboxylic acids is 3. The number of carboxylic acid groups (broad SMARTS) is 4. The van der Waals surface area contributed by atoms with Gasteiger partial charge in [-0.25, -0.2) is 0 Å². The number of ketones is 2. The number of hydrogen-bond acceptors (Lipinski definition) is 12. The number of benzene rings is 2. The maximum atomic E-state index is 14.1. The van der Waals surface area contributed by atoms with Crippen LogP contribution >= 0.6 is 24.0 Å². The number of nitrogens with one attached hydrogen (secondary N) is 1. The van der Waals surface area contributed by atoms with Gasteiger partial charge < -0.3 is 25.7 Å². The molecule has 0 radical (unpaired) electrons. The van der Waals surface area contributed by atoms with Crippen molar-refractivity contribution in [3.05, 3.63) is 71.3 Å². The lowest BCUT2D eigenvalue weighted by Gasteiger charge is -2.33. The van der Waals surface area contributed by atoms with E-state index < -0.39 is 41.6 Å². The summed E-state index contributed by atoms with van der Waals surface area (Å²) < 4.78 is 0. The Morgan fingerprint density at radius 3 is 1.97 bits per heavy atom. The van der Waals surface area contributed by atoms with E-state index in [0.717, 1.165) is 16.9 Å². The lowest BCUT2D eigenvalue weighted by Crippen LogP contribution is -2.49. The third kappa shape index (κ3) is 20.7. The highest BCUT2D eigenvalue weighted by molar-refractivity contribution is 7.98. The molecule has 0 spiro atoms. The minimum Gasteiger partial charge on any atom is -0.481 e. The van der Waals surface area contributed by atoms with Crippen molar-refractivity contribution in [2.45, 2.75) is 84.1 Å². The molecule has 15 nitrogen and oxygen atoms in total. The topological polar surface area (TPSA) is 222 Å². The monoisotopic (exact) mass is 940 g/mol. The van der Waals surface area contributed by atoms with Crippen molar-refractivity contribution in [2.75, 3.05) is 70.9 Å². The van der Waals surface area contributed by atoms with Crippen LogP contribution in [-0.2, 0) is 41.6 Å². The molecule has 1 saturated heterocycles. The molecule has 5 atom stereocenters. The molecule has 5 unspecified atom stereocenters. The van der Waals surface area contributed by atoms with E-state index in [4.69, 9.17) is 12.2 Å². The summed E-state index contributed by atoms with van der Waals surface area (Å²) >= 11 is 7.50. The fraction of sp³-hybridized carbons (Fsp3) is 0.583. The van der Waals surface area contributed by atoms with E-state index in [1.54, 1.807) is 50.7 Å². The molecule has 3 rings (SSSR count). The van der Waals surface area contributed by atoms with Gasteiger partial charge in [-0.1, -0.05) is 81.4 Å². The lowest BCUT2D eigenvalue weighted by molar-refractivity contribution is -0.145. The standard InChI is InChI=1S/C48H68N4O11S2/c1-4-33(2)41(43(54)27-38(48(62)63)12-8-9-18-49-47(61)36-10-6-5-7-11-36)28-42(53)37(17-23-65-3)26-40(64)25-35-15-13-34(14-16-35)24-39-29-51(31-45(57)58)20-19-50(30-44(55)56)21-22-52(39)32-46(59)60/h5-7,10-11,13-16,33,37-39,41H,4,8-9,12,17-32H2,1-3H3,(H,49,61)(H,55,56)(H,57,58)(H,59,60)(H,62,63). The fourth-order valence-corrected chi connectivity index (χ4v) is 9.19. The van der Waals surface area contributed by atoms with Crippen molar-refractivity contribution in [2.24, 2.45) is 23.7 Å². The third-order valence-electron chi connectivity index (χ3n) is 12.2. The molecule has 2 aromatic rings. The Kier molecular flexibility index (Phi) is 24.6. The summed E-state index contributed by atoms with van der Waals surface area (Å²) in [5, 5.41) is 41.7. The zero-order valence-electron chi connectivity index (χ0n) is 38.0. The minimum atomic E-state index is -1.05. The molecule has 0 aromatic heterocycles. The molecule has 0 aliphatic carbocycles. The summed E-state index contributed by atoms with van der Waals surface area (Å²) in [6, 6.07) is 16.2. The van der Waals surface area contributed by atoms with Gasteiger partial charge in [-0.2, -0.15) is 11.8 Å². The first-order chi connectivity index (χ1) is 31.0. The van der Waals surface area contributed by atoms with Gasteiger partial charge in [0.25, 0.3) is 5.91 Å². The van der Waals surface area contributed by atoms with E-state index in [-0.39, 0.29) is 74.9 Å². The summed E-state index contributed by atoms with van der Waals surface area (Å²) in [6.07, 6.45) is 5.63. The highest BCUT2D eigenvalue weighted by Gasteiger charge is 2.33. The predicted octanol–water partition coefficient (Wildman–Crippen LogP) is 5.32. The van der Waals surface area contributed by atoms with Crippen LogP contribution in [-0.4, -0.2) is 158 Å². The molecule has 1 fully saturated rings. The van der Waals surface area contributed by atoms with Crippen LogP contribution in [0.25, 0.3) is 0 Å². The third-order valence-corrected chi connectivity index (χ3v) is 13.2. The van der Waals surface area contributed by atoms with Crippen molar-refractivity contribution in [1.82, 2.24) is 20.0 Å². The number of rotatable bonds is 30. The zero-order valence-corrected chi connectivity index (χ0v) is 39.7. The van der Waals surface area contributed by atoms with E-state index >= 15 is 0 Å². The number of carbonyl (C=O) groups is 7. The van der Waals surface area contributed by atoms with Crippen LogP contribution in [0.15, 0.2) is 54.6 Å². The molecule has 5 N–H and O–H groups in total. The van der Waals surface area contributed by atoms with Crippen LogP contribution in [0.5, 0.6) is 0 Å². The molecule has 1 aliphatic heterocycles. The summed E-state index contributed by atoms with van der Waals surface area (Å²) in [5.74, 6) is -5.94. The van der Waals surface area contributed by atoms with E-state index in [2.05, 4.69) is 5.32 Å². The highest BCUT2D eigenvalue weighted by Crippen LogP contribution is 2.29. The van der Waals surface area contributed by atoms with E-state index in [1.807, 2.05) is 50.4 Å². The number of nitrogens with zero attached hydrogens (tertiary/aromatic N) is 3. The molecule has 65 heavy (non-hydrogen) atoms. The second kappa shape index (κ2) is 29.2. The molecule has 2 aromatic carbocycles. The number of aliphatic carboxylic acids is 4. The van der Waals surface area contributed by atoms with Gasteiger partial charge in [0, 0.05) is 82.0 Å². The summed E-state index contributed by atoms with van der Waals surface area (Å²) in [7, 11) is 0. The number of thiocarbonyl (C=S) groups is 1. The molecular weight excluding hydrogens is 873 g/mol. The first kappa shape index (κ1) is 54.8. The van der Waals surface area contributed by atoms with E-state index in [9.17, 15) is 54.0 Å². The number of Topliss-reactive ketones (excluding diaryl/α,β-unsaturated/α-hetero) is 2. The van der Waals surface area contributed by atoms with Gasteiger partial charge in [0.15, 0.2) is 0 Å². The molecule has 1 aliphatic rings. The second-order valence-corrected chi connectivity index (χ2v) is 18.8. The average molecular weight is 941 g/mol. The Bertz CT molecular complexity index is 1880. The molecule has 0 saturated carbocycles. The van der Waals surface area contributed by atoms with Gasteiger partial charge >= 0.3 is 23.9 Å². The normalized spacial score (nSPS) is 17.1. The van der Waals surface area contributed by atoms with Crippen LogP contribution in [0.3, 0.4) is 0 Å². The Morgan fingerprint density at radius 1 is 0.738 bits per heavy atom. The summed E-state index contributed by atoms with van der Waals surface area (Å²) in [5.41, 5.74) is 2.38. The largest absolute Gasteiger partial charge is 0.481 e. The van der Waals surface area contributed by atoms with Crippen LogP contribution < -0.4 is 5.32 Å². The molecule has 1 amide bonds. The number of amides is 1. The van der Waals surface area contributed by atoms with Gasteiger partial charge in [-0.05, 0) is 78.2 Å². The lowest BCUT2D eigenvalue weighted by atomic mass is 9.78. The minimum absolute atomic E-state index is 0.0175. The molecule has 1 heterocycles. The van der Waals surface area contributed by atoms with Crippen LogP contribution in [0.4, 0.5) is 0 Å². The van der Waals surface area contributed by atoms with Gasteiger partial charge in [0.1, 0.15) is 11.6 Å². The Labute approximate surface area is 392 Å². The van der Waals surface area contributed by atoms with Crippen molar-refractivity contribution in [1.29, 1.82) is 0 Å². The van der Waals surface area contributed by atoms with E-state index in [0.29, 0.717) is 88.1 Å². The Balaban J connectivity index is 1.65. The number of carboxylic acids is 4. The van der Waals surface area contributed by atoms with Crippen molar-refractivity contribution in [3.63, 3.8) is 0 Å². The highest BCUT2D eigenvalue weighted by atomic mass is 32.2. The van der Waals surface area contributed by atoms with Crippen LogP contribution in [0.2, 0.25) is 0 Å². The molecule has 0 bridgehead atoms. The first-order valence-corrected chi connectivity index (χ1v) is 24.3. The molecular formula is C48H68N4O11S2. The SMILES string of the molecule is CCC(C)C(CC(=O)C(CCSC)CC(=S)Cc1ccc(CC2CN(CC(=O)O)CCN(CC(=O)O)CCN2CC(=O)O)cc1)C(=O)CC(CCCCNC(=O)c1ccccc1)C(=O)O. The smallest absolute Gasteiger partial charge is 0.317 e. The number of unbranched alkanes of at least 4 members (excludes halogenated alkanes) is 1. The molecule has 17 heteroatoms. The molecule has 358 valence electrons. The maximum Gasteiger partial charge on any atom is 0.317 e. The average Bonchev–Trinajstić information content (AvgIpc) is 3.32. The fourth-order valence-electron chi connectivity index (χ4n) is 8.31. The Hall–Kier alpha value is -4.55. The zero-order chi connectivity index (χ0) is 47.9. The Morgan fingerprint density at radius 2 is 1.35 bits per heavy atom. The van der Waals surface area contributed by atoms with Gasteiger partial charge in [0.2, 0.25) is 0 Å². The quantitative estimate of drug-likeness (QED) is 0.0494. The first-order valence-electron chi connectivity index (χ1n) is 22.5. The summed E-state index contributed by atoms with van der Waals surface area (Å²) in [6.45, 7) is 5.00. The van der Waals surface area contributed by atoms with Crippen LogP contribution in [0, 0.1) is 23.7 Å². The number of hydrogen-bond donors (Lipinski definition) is 5. The van der Waals surface area contributed by atoms with Crippen molar-refractivity contribution in [3.8, 4) is 0 Å².